The molecule has 3 N–H and O–H groups in total. The lowest BCUT2D eigenvalue weighted by atomic mass is 10.1. The van der Waals surface area contributed by atoms with Gasteiger partial charge in [-0.2, -0.15) is 0 Å². The number of anilines is 1. The van der Waals surface area contributed by atoms with Gasteiger partial charge in [-0.05, 0) is 31.9 Å². The van der Waals surface area contributed by atoms with Gasteiger partial charge in [0, 0.05) is 18.2 Å². The molecule has 0 aromatic carbocycles. The molecule has 1 atom stereocenters. The highest BCUT2D eigenvalue weighted by Gasteiger charge is 2.20. The van der Waals surface area contributed by atoms with Crippen LogP contribution >= 0.6 is 11.3 Å². The molecule has 2 aromatic heterocycles. The number of nitrogens with two attached hydrogens (primary N) is 1. The van der Waals surface area contributed by atoms with Crippen molar-refractivity contribution in [2.45, 2.75) is 33.2 Å². The van der Waals surface area contributed by atoms with Gasteiger partial charge in [-0.25, -0.2) is 4.98 Å². The highest BCUT2D eigenvalue weighted by atomic mass is 32.1. The van der Waals surface area contributed by atoms with Crippen molar-refractivity contribution in [1.29, 1.82) is 0 Å². The van der Waals surface area contributed by atoms with E-state index in [0.717, 1.165) is 27.9 Å². The fourth-order valence-electron chi connectivity index (χ4n) is 2.35. The van der Waals surface area contributed by atoms with Crippen molar-refractivity contribution in [2.75, 3.05) is 19.5 Å². The number of amides is 1. The Bertz CT molecular complexity index is 666. The topological polar surface area (TPSA) is 77.2 Å². The van der Waals surface area contributed by atoms with E-state index in [4.69, 9.17) is 10.5 Å². The van der Waals surface area contributed by atoms with Crippen molar-refractivity contribution >= 4 is 33.1 Å². The summed E-state index contributed by atoms with van der Waals surface area (Å²) in [6.45, 7) is 6.42. The van der Waals surface area contributed by atoms with Crippen LogP contribution in [-0.2, 0) is 4.74 Å². The standard InChI is InChI=1S/C15H21N3O2S/c1-5-10(7-20-4)18-14(19)13-12(16)11-8(2)6-9(3)17-15(11)21-13/h6,10H,5,7,16H2,1-4H3,(H,18,19). The summed E-state index contributed by atoms with van der Waals surface area (Å²) in [7, 11) is 1.62. The van der Waals surface area contributed by atoms with Crippen molar-refractivity contribution in [2.24, 2.45) is 0 Å². The Kier molecular flexibility index (Phi) is 4.80. The quantitative estimate of drug-likeness (QED) is 0.890. The summed E-state index contributed by atoms with van der Waals surface area (Å²) in [6, 6.07) is 1.97. The summed E-state index contributed by atoms with van der Waals surface area (Å²) in [4.78, 5) is 18.2. The second-order valence-electron chi connectivity index (χ2n) is 5.14. The number of methoxy groups -OCH3 is 1. The van der Waals surface area contributed by atoms with Gasteiger partial charge in [0.2, 0.25) is 0 Å². The minimum absolute atomic E-state index is 0.0112. The van der Waals surface area contributed by atoms with E-state index in [1.165, 1.54) is 11.3 Å². The molecule has 0 aliphatic rings. The van der Waals surface area contributed by atoms with E-state index in [-0.39, 0.29) is 11.9 Å². The molecule has 1 unspecified atom stereocenters. The Morgan fingerprint density at radius 2 is 2.24 bits per heavy atom. The number of pyridine rings is 1. The summed E-state index contributed by atoms with van der Waals surface area (Å²) in [6.07, 6.45) is 0.806. The molecular formula is C15H21N3O2S. The molecule has 0 aliphatic carbocycles. The fourth-order valence-corrected chi connectivity index (χ4v) is 3.47. The lowest BCUT2D eigenvalue weighted by Gasteiger charge is -2.15. The molecule has 5 nitrogen and oxygen atoms in total. The molecule has 0 radical (unpaired) electrons. The van der Waals surface area contributed by atoms with Crippen molar-refractivity contribution in [3.8, 4) is 0 Å². The first-order chi connectivity index (χ1) is 9.97. The third kappa shape index (κ3) is 3.16. The van der Waals surface area contributed by atoms with Crippen molar-refractivity contribution in [3.63, 3.8) is 0 Å². The van der Waals surface area contributed by atoms with Gasteiger partial charge in [0.25, 0.3) is 5.91 Å². The summed E-state index contributed by atoms with van der Waals surface area (Å²) >= 11 is 1.34. The largest absolute Gasteiger partial charge is 0.397 e. The highest BCUT2D eigenvalue weighted by Crippen LogP contribution is 2.34. The van der Waals surface area contributed by atoms with Gasteiger partial charge in [0.15, 0.2) is 0 Å². The van der Waals surface area contributed by atoms with E-state index in [1.54, 1.807) is 7.11 Å². The van der Waals surface area contributed by atoms with Gasteiger partial charge in [-0.15, -0.1) is 11.3 Å². The molecule has 0 saturated carbocycles. The van der Waals surface area contributed by atoms with Crippen LogP contribution in [0.4, 0.5) is 5.69 Å². The SMILES string of the molecule is CCC(COC)NC(=O)c1sc2nc(C)cc(C)c2c1N. The monoisotopic (exact) mass is 307 g/mol. The maximum atomic E-state index is 12.4. The molecule has 114 valence electrons. The number of thiophene rings is 1. The van der Waals surface area contributed by atoms with E-state index >= 15 is 0 Å². The number of rotatable bonds is 5. The summed E-state index contributed by atoms with van der Waals surface area (Å²) < 4.78 is 5.10. The van der Waals surface area contributed by atoms with Gasteiger partial charge in [-0.3, -0.25) is 4.79 Å². The highest BCUT2D eigenvalue weighted by molar-refractivity contribution is 7.21. The first kappa shape index (κ1) is 15.7. The van der Waals surface area contributed by atoms with Crippen molar-refractivity contribution in [1.82, 2.24) is 10.3 Å². The van der Waals surface area contributed by atoms with Crippen LogP contribution in [-0.4, -0.2) is 30.6 Å². The first-order valence-corrected chi connectivity index (χ1v) is 7.75. The van der Waals surface area contributed by atoms with Crippen LogP contribution in [0.25, 0.3) is 10.2 Å². The third-order valence-corrected chi connectivity index (χ3v) is 4.52. The summed E-state index contributed by atoms with van der Waals surface area (Å²) in [5.41, 5.74) is 8.66. The normalized spacial score (nSPS) is 12.6. The molecule has 0 bridgehead atoms. The molecular weight excluding hydrogens is 286 g/mol. The molecule has 21 heavy (non-hydrogen) atoms. The van der Waals surface area contributed by atoms with E-state index in [9.17, 15) is 4.79 Å². The minimum Gasteiger partial charge on any atom is -0.397 e. The van der Waals surface area contributed by atoms with Crippen LogP contribution in [0.2, 0.25) is 0 Å². The third-order valence-electron chi connectivity index (χ3n) is 3.43. The number of nitrogens with one attached hydrogen (secondary N) is 1. The zero-order valence-electron chi connectivity index (χ0n) is 12.8. The zero-order chi connectivity index (χ0) is 15.6. The smallest absolute Gasteiger partial charge is 0.263 e. The number of carbonyl (C=O) groups excluding carboxylic acids is 1. The van der Waals surface area contributed by atoms with Gasteiger partial charge in [-0.1, -0.05) is 6.92 Å². The molecule has 0 aliphatic heterocycles. The lowest BCUT2D eigenvalue weighted by Crippen LogP contribution is -2.37. The van der Waals surface area contributed by atoms with Crippen LogP contribution in [0.1, 0.15) is 34.3 Å². The molecule has 0 saturated heterocycles. The Morgan fingerprint density at radius 3 is 2.86 bits per heavy atom. The molecule has 2 heterocycles. The van der Waals surface area contributed by atoms with Crippen LogP contribution < -0.4 is 11.1 Å². The Labute approximate surface area is 128 Å². The van der Waals surface area contributed by atoms with E-state index in [2.05, 4.69) is 10.3 Å². The maximum absolute atomic E-state index is 12.4. The summed E-state index contributed by atoms with van der Waals surface area (Å²) in [5, 5.41) is 3.84. The fraction of sp³-hybridized carbons (Fsp3) is 0.467. The average molecular weight is 307 g/mol. The molecule has 0 spiro atoms. The number of nitrogen functional groups attached to an aromatic ring is 1. The van der Waals surface area contributed by atoms with Crippen molar-refractivity contribution < 1.29 is 9.53 Å². The van der Waals surface area contributed by atoms with Gasteiger partial charge in [0.05, 0.1) is 18.3 Å². The number of hydrogen-bond acceptors (Lipinski definition) is 5. The Balaban J connectivity index is 2.36. The average Bonchev–Trinajstić information content (AvgIpc) is 2.75. The predicted octanol–water partition coefficient (Wildman–Crippen LogP) is 2.65. The number of aryl methyl sites for hydroxylation is 2. The van der Waals surface area contributed by atoms with Gasteiger partial charge < -0.3 is 15.8 Å². The minimum atomic E-state index is -0.156. The van der Waals surface area contributed by atoms with E-state index in [0.29, 0.717) is 17.2 Å². The first-order valence-electron chi connectivity index (χ1n) is 6.93. The van der Waals surface area contributed by atoms with E-state index < -0.39 is 0 Å². The summed E-state index contributed by atoms with van der Waals surface area (Å²) in [5.74, 6) is -0.156. The molecule has 2 aromatic rings. The molecule has 1 amide bonds. The number of nitrogens with zero attached hydrogens (tertiary/aromatic N) is 1. The number of carbonyl (C=O) groups is 1. The number of aromatic nitrogens is 1. The van der Waals surface area contributed by atoms with Crippen LogP contribution in [0.15, 0.2) is 6.07 Å². The number of ether oxygens (including phenoxy) is 1. The second kappa shape index (κ2) is 6.41. The molecule has 0 fully saturated rings. The van der Waals surface area contributed by atoms with Crippen LogP contribution in [0.3, 0.4) is 0 Å². The number of hydrogen-bond donors (Lipinski definition) is 2. The van der Waals surface area contributed by atoms with Gasteiger partial charge >= 0.3 is 0 Å². The predicted molar refractivity (Wildman–Crippen MR) is 86.9 cm³/mol. The van der Waals surface area contributed by atoms with Crippen LogP contribution in [0, 0.1) is 13.8 Å². The Morgan fingerprint density at radius 1 is 1.52 bits per heavy atom. The number of fused-ring (bicyclic) bond motifs is 1. The maximum Gasteiger partial charge on any atom is 0.263 e. The molecule has 6 heteroatoms. The zero-order valence-corrected chi connectivity index (χ0v) is 13.6. The Hall–Kier alpha value is -1.66. The van der Waals surface area contributed by atoms with E-state index in [1.807, 2.05) is 26.8 Å². The van der Waals surface area contributed by atoms with Gasteiger partial charge in [0.1, 0.15) is 9.71 Å². The lowest BCUT2D eigenvalue weighted by molar-refractivity contribution is 0.0899. The molecule has 2 rings (SSSR count). The van der Waals surface area contributed by atoms with Crippen molar-refractivity contribution in [3.05, 3.63) is 22.2 Å². The second-order valence-corrected chi connectivity index (χ2v) is 6.14. The van der Waals surface area contributed by atoms with Crippen LogP contribution in [0.5, 0.6) is 0 Å².